The molecule has 2 N–H and O–H groups in total. The number of hydrogen-bond acceptors (Lipinski definition) is 12. The van der Waals surface area contributed by atoms with Crippen molar-refractivity contribution in [3.63, 3.8) is 0 Å². The molecule has 0 saturated carbocycles. The van der Waals surface area contributed by atoms with E-state index in [0.717, 1.165) is 98.6 Å². The van der Waals surface area contributed by atoms with Crippen molar-refractivity contribution < 1.29 is 28.4 Å². The number of H-pyrrole nitrogens is 2. The van der Waals surface area contributed by atoms with Crippen LogP contribution >= 0.6 is 0 Å². The average Bonchev–Trinajstić information content (AvgIpc) is 4.16. The molecule has 0 aliphatic carbocycles. The molecule has 2 aliphatic heterocycles. The summed E-state index contributed by atoms with van der Waals surface area (Å²) in [7, 11) is 0. The third kappa shape index (κ3) is 10.1. The Balaban J connectivity index is 1.39. The number of ether oxygens (including phenoxy) is 6. The maximum absolute atomic E-state index is 6.67. The largest absolute Gasteiger partial charge is 0.493 e. The molecule has 74 heavy (non-hydrogen) atoms. The van der Waals surface area contributed by atoms with Crippen molar-refractivity contribution in [1.82, 2.24) is 39.9 Å². The molecular formula is C60H68N8O6. The Morgan fingerprint density at radius 2 is 0.595 bits per heavy atom. The summed E-state index contributed by atoms with van der Waals surface area (Å²) in [6, 6.07) is 24.4. The summed E-state index contributed by atoms with van der Waals surface area (Å²) in [5, 5.41) is 5.23. The van der Waals surface area contributed by atoms with Crippen LogP contribution in [0.15, 0.2) is 72.8 Å². The fourth-order valence-electron chi connectivity index (χ4n) is 9.36. The molecule has 8 aromatic rings. The van der Waals surface area contributed by atoms with E-state index in [1.165, 1.54) is 0 Å². The quantitative estimate of drug-likeness (QED) is 0.0551. The van der Waals surface area contributed by atoms with Crippen molar-refractivity contribution in [2.24, 2.45) is 0 Å². The van der Waals surface area contributed by atoms with Crippen LogP contribution in [0.5, 0.6) is 34.5 Å². The van der Waals surface area contributed by atoms with Crippen molar-refractivity contribution in [1.29, 1.82) is 0 Å². The van der Waals surface area contributed by atoms with Crippen LogP contribution in [-0.2, 0) is 0 Å². The highest BCUT2D eigenvalue weighted by Crippen LogP contribution is 2.49. The Labute approximate surface area is 432 Å². The standard InChI is InChI=1S/C60H68N8O6/c1-7-13-29-69-41-23-25-43(71-31-15-9-3)49-47(41)55-62-53-39-35-37-21-19-20-22-38(37)36-40(39)54(61-53)63-56-48-42(70-30-14-8-2)24-26-44(72-32-16-10-4)50(48)58(65-56)67-60-52-46(74-34-18-12-6)28-27-45(73-33-17-11-5)51(52)59(68-60)66-57(49)64-55/h19-28,35-36H,7-18,29-34H2,1-6H3,(H2,61,62,63,64,65,66,67,68). The molecule has 384 valence electrons. The minimum atomic E-state index is 0.399. The summed E-state index contributed by atoms with van der Waals surface area (Å²) in [6.07, 6.45) is 11.1. The molecule has 10 rings (SSSR count). The molecule has 8 bridgehead atoms. The number of aromatic amines is 2. The van der Waals surface area contributed by atoms with Gasteiger partial charge in [0.15, 0.2) is 23.3 Å². The monoisotopic (exact) mass is 997 g/mol. The van der Waals surface area contributed by atoms with E-state index in [1.807, 2.05) is 48.5 Å². The van der Waals surface area contributed by atoms with Crippen LogP contribution in [0.1, 0.15) is 119 Å². The Kier molecular flexibility index (Phi) is 15.7. The van der Waals surface area contributed by atoms with Gasteiger partial charge in [-0.15, -0.1) is 0 Å². The minimum Gasteiger partial charge on any atom is -0.493 e. The Morgan fingerprint density at radius 1 is 0.324 bits per heavy atom. The zero-order valence-corrected chi connectivity index (χ0v) is 43.8. The molecule has 0 atom stereocenters. The second kappa shape index (κ2) is 23.2. The van der Waals surface area contributed by atoms with Crippen molar-refractivity contribution in [2.45, 2.75) is 119 Å². The second-order valence-electron chi connectivity index (χ2n) is 19.0. The SMILES string of the molecule is CCCCOc1ccc(OCCCC)c2c1-c1nc-2nc2[nH]c(nc3nc(nc4[nH]c(n1)c1cc5ccccc5cc41)-c1c(OCCCC)ccc(OCCCC)c1-3)c1c(OCCCC)ccc(OCCCC)c21. The van der Waals surface area contributed by atoms with Gasteiger partial charge in [0.25, 0.3) is 0 Å². The first-order valence-corrected chi connectivity index (χ1v) is 27.1. The molecule has 2 aliphatic rings. The average molecular weight is 997 g/mol. The van der Waals surface area contributed by atoms with E-state index in [9.17, 15) is 0 Å². The van der Waals surface area contributed by atoms with Crippen LogP contribution in [0.25, 0.3) is 100 Å². The van der Waals surface area contributed by atoms with Crippen molar-refractivity contribution in [2.75, 3.05) is 39.6 Å². The zero-order valence-electron chi connectivity index (χ0n) is 43.8. The maximum atomic E-state index is 6.67. The highest BCUT2D eigenvalue weighted by atomic mass is 16.5. The van der Waals surface area contributed by atoms with Crippen LogP contribution in [0.4, 0.5) is 0 Å². The lowest BCUT2D eigenvalue weighted by Gasteiger charge is -2.14. The van der Waals surface area contributed by atoms with Gasteiger partial charge in [-0.2, -0.15) is 0 Å². The number of rotatable bonds is 24. The van der Waals surface area contributed by atoms with E-state index in [-0.39, 0.29) is 0 Å². The highest BCUT2D eigenvalue weighted by molar-refractivity contribution is 6.13. The van der Waals surface area contributed by atoms with Crippen LogP contribution < -0.4 is 28.4 Å². The lowest BCUT2D eigenvalue weighted by atomic mass is 10.1. The molecule has 0 fully saturated rings. The first kappa shape index (κ1) is 50.1. The third-order valence-corrected chi connectivity index (χ3v) is 13.5. The number of hydrogen-bond donors (Lipinski definition) is 2. The summed E-state index contributed by atoms with van der Waals surface area (Å²) in [4.78, 5) is 40.0. The molecule has 0 spiro atoms. The lowest BCUT2D eigenvalue weighted by molar-refractivity contribution is 0.303. The van der Waals surface area contributed by atoms with Crippen molar-refractivity contribution >= 4 is 54.9 Å². The summed E-state index contributed by atoms with van der Waals surface area (Å²) in [5.41, 5.74) is 4.85. The van der Waals surface area contributed by atoms with Gasteiger partial charge in [0.1, 0.15) is 57.1 Å². The van der Waals surface area contributed by atoms with Gasteiger partial charge in [-0.25, -0.2) is 29.9 Å². The van der Waals surface area contributed by atoms with Gasteiger partial charge in [-0.3, -0.25) is 0 Å². The number of aromatic nitrogens is 8. The van der Waals surface area contributed by atoms with E-state index >= 15 is 0 Å². The topological polar surface area (TPSA) is 164 Å². The first-order chi connectivity index (χ1) is 36.5. The first-order valence-electron chi connectivity index (χ1n) is 27.1. The normalized spacial score (nSPS) is 11.8. The molecule has 5 heterocycles. The fourth-order valence-corrected chi connectivity index (χ4v) is 9.36. The van der Waals surface area contributed by atoms with E-state index in [2.05, 4.69) is 75.8 Å². The maximum Gasteiger partial charge on any atom is 0.168 e. The second-order valence-corrected chi connectivity index (χ2v) is 19.0. The molecule has 0 saturated heterocycles. The summed E-state index contributed by atoms with van der Waals surface area (Å²) >= 11 is 0. The van der Waals surface area contributed by atoms with Gasteiger partial charge >= 0.3 is 0 Å². The van der Waals surface area contributed by atoms with E-state index < -0.39 is 0 Å². The van der Waals surface area contributed by atoms with Gasteiger partial charge in [0, 0.05) is 10.8 Å². The van der Waals surface area contributed by atoms with Crippen LogP contribution in [0.2, 0.25) is 0 Å². The molecular weight excluding hydrogens is 929 g/mol. The number of benzene rings is 5. The Morgan fingerprint density at radius 3 is 0.905 bits per heavy atom. The number of nitrogens with zero attached hydrogens (tertiary/aromatic N) is 6. The van der Waals surface area contributed by atoms with Gasteiger partial charge in [-0.1, -0.05) is 104 Å². The fraction of sp³-hybridized carbons (Fsp3) is 0.400. The van der Waals surface area contributed by atoms with E-state index in [0.29, 0.717) is 153 Å². The predicted octanol–water partition coefficient (Wildman–Crippen LogP) is 15.1. The minimum absolute atomic E-state index is 0.399. The van der Waals surface area contributed by atoms with Crippen LogP contribution in [0.3, 0.4) is 0 Å². The smallest absolute Gasteiger partial charge is 0.168 e. The lowest BCUT2D eigenvalue weighted by Crippen LogP contribution is -2.02. The molecule has 3 aromatic heterocycles. The molecule has 14 heteroatoms. The summed E-state index contributed by atoms with van der Waals surface area (Å²) in [5.74, 6) is 5.47. The van der Waals surface area contributed by atoms with Gasteiger partial charge in [0.05, 0.1) is 72.7 Å². The van der Waals surface area contributed by atoms with Gasteiger partial charge < -0.3 is 38.4 Å². The van der Waals surface area contributed by atoms with Gasteiger partial charge in [0.2, 0.25) is 0 Å². The van der Waals surface area contributed by atoms with E-state index in [1.54, 1.807) is 0 Å². The Bertz CT molecular complexity index is 3260. The summed E-state index contributed by atoms with van der Waals surface area (Å²) < 4.78 is 39.9. The molecule has 0 radical (unpaired) electrons. The molecule has 14 nitrogen and oxygen atoms in total. The molecule has 5 aromatic carbocycles. The predicted molar refractivity (Wildman–Crippen MR) is 296 cm³/mol. The number of fused-ring (bicyclic) bond motifs is 21. The molecule has 0 unspecified atom stereocenters. The molecule has 0 amide bonds. The highest BCUT2D eigenvalue weighted by Gasteiger charge is 2.32. The van der Waals surface area contributed by atoms with Crippen LogP contribution in [-0.4, -0.2) is 79.5 Å². The Hall–Kier alpha value is -7.48. The van der Waals surface area contributed by atoms with Gasteiger partial charge in [-0.05, 0) is 97.8 Å². The van der Waals surface area contributed by atoms with E-state index in [4.69, 9.17) is 58.3 Å². The van der Waals surface area contributed by atoms with Crippen molar-refractivity contribution in [3.8, 4) is 80.0 Å². The third-order valence-electron chi connectivity index (χ3n) is 13.5. The number of nitrogens with one attached hydrogen (secondary N) is 2. The van der Waals surface area contributed by atoms with Crippen molar-refractivity contribution in [3.05, 3.63) is 72.8 Å². The number of unbranched alkanes of at least 4 members (excludes halogenated alkanes) is 6. The summed E-state index contributed by atoms with van der Waals surface area (Å²) in [6.45, 7) is 16.0. The van der Waals surface area contributed by atoms with Crippen LogP contribution in [0, 0.1) is 0 Å². The zero-order chi connectivity index (χ0) is 51.0.